The molecule has 0 radical (unpaired) electrons. The third kappa shape index (κ3) is 3.40. The number of benzene rings is 1. The molecule has 96 valence electrons. The zero-order chi connectivity index (χ0) is 13.0. The summed E-state index contributed by atoms with van der Waals surface area (Å²) in [5.74, 6) is 0. The summed E-state index contributed by atoms with van der Waals surface area (Å²) in [6.07, 6.45) is 4.15. The van der Waals surface area contributed by atoms with Gasteiger partial charge in [-0.05, 0) is 55.3 Å². The van der Waals surface area contributed by atoms with Gasteiger partial charge in [-0.15, -0.1) is 0 Å². The van der Waals surface area contributed by atoms with Gasteiger partial charge in [0.1, 0.15) is 0 Å². The van der Waals surface area contributed by atoms with Crippen LogP contribution in [0.25, 0.3) is 10.1 Å². The molecule has 2 aromatic rings. The van der Waals surface area contributed by atoms with Crippen molar-refractivity contribution < 1.29 is 0 Å². The highest BCUT2D eigenvalue weighted by Gasteiger charge is 2.04. The van der Waals surface area contributed by atoms with Crippen LogP contribution in [0.1, 0.15) is 26.7 Å². The monoisotopic (exact) mass is 279 g/mol. The lowest BCUT2D eigenvalue weighted by molar-refractivity contribution is 0.599. The van der Waals surface area contributed by atoms with Crippen LogP contribution in [0.3, 0.4) is 0 Å². The van der Waals surface area contributed by atoms with Gasteiger partial charge in [-0.1, -0.05) is 13.3 Å². The number of rotatable bonds is 4. The van der Waals surface area contributed by atoms with Gasteiger partial charge in [-0.25, -0.2) is 0 Å². The van der Waals surface area contributed by atoms with E-state index in [2.05, 4.69) is 41.0 Å². The Balaban J connectivity index is 1.97. The van der Waals surface area contributed by atoms with Crippen molar-refractivity contribution in [2.45, 2.75) is 32.7 Å². The van der Waals surface area contributed by atoms with Crippen molar-refractivity contribution in [2.75, 3.05) is 5.32 Å². The lowest BCUT2D eigenvalue weighted by Gasteiger charge is -2.16. The van der Waals surface area contributed by atoms with Gasteiger partial charge in [0, 0.05) is 23.3 Å². The van der Waals surface area contributed by atoms with Crippen molar-refractivity contribution in [1.29, 1.82) is 0 Å². The Labute approximate surface area is 117 Å². The van der Waals surface area contributed by atoms with E-state index in [1.165, 1.54) is 16.2 Å². The molecule has 0 spiro atoms. The van der Waals surface area contributed by atoms with Crippen LogP contribution >= 0.6 is 23.8 Å². The third-order valence-electron chi connectivity index (χ3n) is 2.71. The summed E-state index contributed by atoms with van der Waals surface area (Å²) in [4.78, 5) is 0. The van der Waals surface area contributed by atoms with E-state index in [0.29, 0.717) is 11.2 Å². The molecule has 2 N–H and O–H groups in total. The Morgan fingerprint density at radius 2 is 2.33 bits per heavy atom. The second-order valence-corrected chi connectivity index (χ2v) is 5.61. The Kier molecular flexibility index (Phi) is 4.49. The van der Waals surface area contributed by atoms with Crippen molar-refractivity contribution in [3.63, 3.8) is 0 Å². The zero-order valence-corrected chi connectivity index (χ0v) is 12.2. The van der Waals surface area contributed by atoms with Crippen LogP contribution in [0.15, 0.2) is 24.4 Å². The number of nitrogens with one attached hydrogen (secondary N) is 2. The Bertz CT molecular complexity index is 536. The first-order valence-corrected chi connectivity index (χ1v) is 7.29. The molecule has 0 saturated heterocycles. The molecule has 1 heterocycles. The molecule has 1 atom stereocenters. The van der Waals surface area contributed by atoms with Crippen LogP contribution in [0.2, 0.25) is 0 Å². The van der Waals surface area contributed by atoms with E-state index in [-0.39, 0.29) is 0 Å². The molecule has 0 saturated carbocycles. The quantitative estimate of drug-likeness (QED) is 0.835. The van der Waals surface area contributed by atoms with Gasteiger partial charge in [0.2, 0.25) is 0 Å². The SMILES string of the molecule is CCCC(C)NC(=S)Nc1ccc2sncc2c1. The Morgan fingerprint density at radius 1 is 1.50 bits per heavy atom. The van der Waals surface area contributed by atoms with E-state index >= 15 is 0 Å². The van der Waals surface area contributed by atoms with E-state index in [9.17, 15) is 0 Å². The molecule has 0 fully saturated rings. The summed E-state index contributed by atoms with van der Waals surface area (Å²) in [6, 6.07) is 6.56. The summed E-state index contributed by atoms with van der Waals surface area (Å²) < 4.78 is 5.35. The van der Waals surface area contributed by atoms with Crippen LogP contribution in [0.4, 0.5) is 5.69 Å². The average Bonchev–Trinajstić information content (AvgIpc) is 2.76. The number of hydrogen-bond acceptors (Lipinski definition) is 3. The van der Waals surface area contributed by atoms with Crippen molar-refractivity contribution in [3.8, 4) is 0 Å². The molecule has 0 bridgehead atoms. The van der Waals surface area contributed by atoms with E-state index in [1.807, 2.05) is 12.3 Å². The van der Waals surface area contributed by atoms with Crippen LogP contribution in [0, 0.1) is 0 Å². The molecule has 3 nitrogen and oxygen atoms in total. The highest BCUT2D eigenvalue weighted by atomic mass is 32.1. The maximum absolute atomic E-state index is 5.29. The molecule has 1 unspecified atom stereocenters. The highest BCUT2D eigenvalue weighted by molar-refractivity contribution is 7.80. The maximum Gasteiger partial charge on any atom is 0.170 e. The first-order valence-electron chi connectivity index (χ1n) is 6.11. The lowest BCUT2D eigenvalue weighted by Crippen LogP contribution is -2.35. The van der Waals surface area contributed by atoms with Crippen LogP contribution in [-0.4, -0.2) is 15.5 Å². The van der Waals surface area contributed by atoms with E-state index < -0.39 is 0 Å². The molecule has 1 aromatic heterocycles. The predicted molar refractivity (Wildman–Crippen MR) is 83.3 cm³/mol. The lowest BCUT2D eigenvalue weighted by atomic mass is 10.2. The summed E-state index contributed by atoms with van der Waals surface area (Å²) >= 11 is 6.80. The molecule has 1 aromatic carbocycles. The van der Waals surface area contributed by atoms with E-state index in [1.54, 1.807) is 0 Å². The van der Waals surface area contributed by atoms with Gasteiger partial charge >= 0.3 is 0 Å². The number of anilines is 1. The van der Waals surface area contributed by atoms with Crippen molar-refractivity contribution in [3.05, 3.63) is 24.4 Å². The number of hydrogen-bond donors (Lipinski definition) is 2. The van der Waals surface area contributed by atoms with E-state index in [0.717, 1.165) is 23.9 Å². The summed E-state index contributed by atoms with van der Waals surface area (Å²) in [7, 11) is 0. The summed E-state index contributed by atoms with van der Waals surface area (Å²) in [5.41, 5.74) is 1.00. The Morgan fingerprint density at radius 3 is 3.11 bits per heavy atom. The van der Waals surface area contributed by atoms with Gasteiger partial charge in [-0.3, -0.25) is 0 Å². The zero-order valence-electron chi connectivity index (χ0n) is 10.6. The first-order chi connectivity index (χ1) is 8.69. The highest BCUT2D eigenvalue weighted by Crippen LogP contribution is 2.21. The Hall–Kier alpha value is -1.20. The minimum absolute atomic E-state index is 0.404. The average molecular weight is 279 g/mol. The molecule has 18 heavy (non-hydrogen) atoms. The molecule has 2 rings (SSSR count). The summed E-state index contributed by atoms with van der Waals surface area (Å²) in [5, 5.41) is 8.32. The fourth-order valence-electron chi connectivity index (χ4n) is 1.85. The minimum atomic E-state index is 0.404. The predicted octanol–water partition coefficient (Wildman–Crippen LogP) is 3.77. The third-order valence-corrected chi connectivity index (χ3v) is 3.71. The molecular formula is C13H17N3S2. The molecular weight excluding hydrogens is 262 g/mol. The topological polar surface area (TPSA) is 37.0 Å². The van der Waals surface area contributed by atoms with Crippen LogP contribution in [0.5, 0.6) is 0 Å². The normalized spacial score (nSPS) is 12.3. The van der Waals surface area contributed by atoms with Crippen LogP contribution < -0.4 is 10.6 Å². The summed E-state index contributed by atoms with van der Waals surface area (Å²) in [6.45, 7) is 4.32. The number of aromatic nitrogens is 1. The van der Waals surface area contributed by atoms with Gasteiger partial charge < -0.3 is 10.6 Å². The van der Waals surface area contributed by atoms with Crippen molar-refractivity contribution >= 4 is 44.6 Å². The van der Waals surface area contributed by atoms with Gasteiger partial charge in [0.15, 0.2) is 5.11 Å². The van der Waals surface area contributed by atoms with Gasteiger partial charge in [0.05, 0.1) is 4.70 Å². The smallest absolute Gasteiger partial charge is 0.170 e. The number of thiocarbonyl (C=S) groups is 1. The molecule has 5 heteroatoms. The molecule has 0 aliphatic heterocycles. The molecule has 0 amide bonds. The number of nitrogens with zero attached hydrogens (tertiary/aromatic N) is 1. The standard InChI is InChI=1S/C13H17N3S2/c1-3-4-9(2)15-13(17)16-11-5-6-12-10(7-11)8-14-18-12/h5-9H,3-4H2,1-2H3,(H2,15,16,17). The van der Waals surface area contributed by atoms with Crippen LogP contribution in [-0.2, 0) is 0 Å². The second kappa shape index (κ2) is 6.11. The van der Waals surface area contributed by atoms with E-state index in [4.69, 9.17) is 12.2 Å². The number of fused-ring (bicyclic) bond motifs is 1. The second-order valence-electron chi connectivity index (χ2n) is 4.37. The van der Waals surface area contributed by atoms with Gasteiger partial charge in [0.25, 0.3) is 0 Å². The van der Waals surface area contributed by atoms with Gasteiger partial charge in [-0.2, -0.15) is 4.37 Å². The fourth-order valence-corrected chi connectivity index (χ4v) is 2.79. The maximum atomic E-state index is 5.29. The minimum Gasteiger partial charge on any atom is -0.360 e. The van der Waals surface area contributed by atoms with Crippen molar-refractivity contribution in [2.24, 2.45) is 0 Å². The largest absolute Gasteiger partial charge is 0.360 e. The molecule has 0 aliphatic carbocycles. The first kappa shape index (κ1) is 13.2. The van der Waals surface area contributed by atoms with Crippen molar-refractivity contribution in [1.82, 2.24) is 9.69 Å². The molecule has 0 aliphatic rings. The fraction of sp³-hybridized carbons (Fsp3) is 0.385.